The zero-order valence-corrected chi connectivity index (χ0v) is 12.2. The molecule has 0 aliphatic rings. The number of aromatic nitrogens is 2. The van der Waals surface area contributed by atoms with Gasteiger partial charge in [-0.15, -0.1) is 0 Å². The third-order valence-electron chi connectivity index (χ3n) is 3.89. The Morgan fingerprint density at radius 3 is 2.22 bits per heavy atom. The molecular formula is C19H13N3O. The van der Waals surface area contributed by atoms with Crippen molar-refractivity contribution in [2.45, 2.75) is 0 Å². The molecule has 0 amide bonds. The minimum absolute atomic E-state index is 0.267. The van der Waals surface area contributed by atoms with Crippen LogP contribution in [-0.2, 0) is 0 Å². The van der Waals surface area contributed by atoms with Gasteiger partial charge < -0.3 is 5.21 Å². The van der Waals surface area contributed by atoms with Crippen molar-refractivity contribution in [3.63, 3.8) is 0 Å². The zero-order chi connectivity index (χ0) is 15.6. The molecule has 0 unspecified atom stereocenters. The second-order valence-corrected chi connectivity index (χ2v) is 5.22. The van der Waals surface area contributed by atoms with Crippen LogP contribution in [0.2, 0.25) is 0 Å². The van der Waals surface area contributed by atoms with E-state index in [2.05, 4.69) is 15.1 Å². The molecule has 110 valence electrons. The molecule has 4 nitrogen and oxygen atoms in total. The summed E-state index contributed by atoms with van der Waals surface area (Å²) in [5, 5.41) is 16.6. The summed E-state index contributed by atoms with van der Waals surface area (Å²) in [6.45, 7) is 0. The topological polar surface area (TPSA) is 58.4 Å². The van der Waals surface area contributed by atoms with Gasteiger partial charge in [0.15, 0.2) is 0 Å². The molecule has 0 spiro atoms. The first-order chi connectivity index (χ1) is 11.4. The van der Waals surface area contributed by atoms with Gasteiger partial charge in [0.25, 0.3) is 0 Å². The summed E-state index contributed by atoms with van der Waals surface area (Å²) in [6.07, 6.45) is 3.41. The van der Waals surface area contributed by atoms with Crippen LogP contribution in [0.25, 0.3) is 32.8 Å². The molecule has 0 atom stereocenters. The standard InChI is InChI=1S/C19H13N3O/c23-22-19-17-12-20-11-10-15(17)14-8-4-5-9-16(14)18(21-19)13-6-2-1-3-7-13/h1-12,23H/b22-19-. The van der Waals surface area contributed by atoms with Gasteiger partial charge in [0.1, 0.15) is 0 Å². The van der Waals surface area contributed by atoms with E-state index in [0.29, 0.717) is 5.39 Å². The highest BCUT2D eigenvalue weighted by Crippen LogP contribution is 2.28. The largest absolute Gasteiger partial charge is 0.409 e. The van der Waals surface area contributed by atoms with Gasteiger partial charge in [-0.1, -0.05) is 59.8 Å². The normalized spacial score (nSPS) is 11.9. The van der Waals surface area contributed by atoms with Gasteiger partial charge >= 0.3 is 0 Å². The van der Waals surface area contributed by atoms with Gasteiger partial charge in [-0.05, 0) is 16.8 Å². The van der Waals surface area contributed by atoms with Crippen LogP contribution in [0, 0.1) is 0 Å². The van der Waals surface area contributed by atoms with Crippen molar-refractivity contribution in [1.82, 2.24) is 9.97 Å². The number of nitrogens with zero attached hydrogens (tertiary/aromatic N) is 3. The fraction of sp³-hybridized carbons (Fsp3) is 0. The molecule has 2 aromatic heterocycles. The Balaban J connectivity index is 2.32. The first kappa shape index (κ1) is 13.4. The predicted octanol–water partition coefficient (Wildman–Crippen LogP) is 3.74. The highest BCUT2D eigenvalue weighted by atomic mass is 16.4. The van der Waals surface area contributed by atoms with Gasteiger partial charge in [0.2, 0.25) is 5.49 Å². The number of hydrogen-bond donors (Lipinski definition) is 1. The molecule has 0 fully saturated rings. The van der Waals surface area contributed by atoms with E-state index in [1.165, 1.54) is 0 Å². The number of hydrogen-bond acceptors (Lipinski definition) is 4. The Kier molecular flexibility index (Phi) is 3.20. The maximum Gasteiger partial charge on any atom is 0.201 e. The van der Waals surface area contributed by atoms with Gasteiger partial charge in [0.05, 0.1) is 5.69 Å². The molecule has 0 aliphatic heterocycles. The Hall–Kier alpha value is -3.27. The van der Waals surface area contributed by atoms with Gasteiger partial charge in [0, 0.05) is 28.7 Å². The van der Waals surface area contributed by atoms with Crippen molar-refractivity contribution in [2.24, 2.45) is 5.16 Å². The van der Waals surface area contributed by atoms with Gasteiger partial charge in [-0.2, -0.15) is 0 Å². The minimum Gasteiger partial charge on any atom is -0.409 e. The van der Waals surface area contributed by atoms with Crippen LogP contribution in [0.3, 0.4) is 0 Å². The number of fused-ring (bicyclic) bond motifs is 3. The highest BCUT2D eigenvalue weighted by molar-refractivity contribution is 6.09. The fourth-order valence-electron chi connectivity index (χ4n) is 2.85. The molecule has 0 radical (unpaired) electrons. The number of pyridine rings is 1. The summed E-state index contributed by atoms with van der Waals surface area (Å²) in [5.41, 5.74) is 2.02. The minimum atomic E-state index is 0.267. The number of rotatable bonds is 1. The second-order valence-electron chi connectivity index (χ2n) is 5.22. The summed E-state index contributed by atoms with van der Waals surface area (Å²) >= 11 is 0. The van der Waals surface area contributed by atoms with Crippen molar-refractivity contribution in [1.29, 1.82) is 0 Å². The Morgan fingerprint density at radius 2 is 1.43 bits per heavy atom. The van der Waals surface area contributed by atoms with Crippen molar-refractivity contribution in [3.8, 4) is 11.3 Å². The maximum atomic E-state index is 9.46. The predicted molar refractivity (Wildman–Crippen MR) is 89.8 cm³/mol. The van der Waals surface area contributed by atoms with Gasteiger partial charge in [-0.3, -0.25) is 4.98 Å². The van der Waals surface area contributed by atoms with E-state index in [4.69, 9.17) is 0 Å². The molecule has 4 aromatic rings. The summed E-state index contributed by atoms with van der Waals surface area (Å²) in [6, 6.07) is 19.9. The average molecular weight is 299 g/mol. The van der Waals surface area contributed by atoms with E-state index >= 15 is 0 Å². The van der Waals surface area contributed by atoms with Crippen molar-refractivity contribution in [3.05, 3.63) is 78.5 Å². The first-order valence-corrected chi connectivity index (χ1v) is 7.29. The van der Waals surface area contributed by atoms with Crippen LogP contribution in [0.4, 0.5) is 0 Å². The molecule has 4 heteroatoms. The van der Waals surface area contributed by atoms with E-state index < -0.39 is 0 Å². The van der Waals surface area contributed by atoms with E-state index in [1.807, 2.05) is 60.7 Å². The Labute approximate surface area is 132 Å². The van der Waals surface area contributed by atoms with Crippen LogP contribution >= 0.6 is 0 Å². The maximum absolute atomic E-state index is 9.46. The van der Waals surface area contributed by atoms with Crippen LogP contribution in [0.5, 0.6) is 0 Å². The van der Waals surface area contributed by atoms with Crippen LogP contribution in [0.15, 0.2) is 78.2 Å². The Morgan fingerprint density at radius 1 is 0.739 bits per heavy atom. The Bertz CT molecular complexity index is 1080. The summed E-state index contributed by atoms with van der Waals surface area (Å²) in [5.74, 6) is 0. The average Bonchev–Trinajstić information content (AvgIpc) is 2.77. The second kappa shape index (κ2) is 5.50. The molecule has 2 heterocycles. The quantitative estimate of drug-likeness (QED) is 0.430. The lowest BCUT2D eigenvalue weighted by Gasteiger charge is -2.02. The lowest BCUT2D eigenvalue weighted by atomic mass is 10.0. The number of benzene rings is 2. The molecule has 23 heavy (non-hydrogen) atoms. The van der Waals surface area contributed by atoms with E-state index in [1.54, 1.807) is 12.4 Å². The highest BCUT2D eigenvalue weighted by Gasteiger charge is 2.09. The SMILES string of the molecule is O/N=c1\nc(-c2ccccc2)c2ccccc2c2ccncc12. The summed E-state index contributed by atoms with van der Waals surface area (Å²) in [7, 11) is 0. The first-order valence-electron chi connectivity index (χ1n) is 7.29. The summed E-state index contributed by atoms with van der Waals surface area (Å²) in [4.78, 5) is 8.77. The third-order valence-corrected chi connectivity index (χ3v) is 3.89. The smallest absolute Gasteiger partial charge is 0.201 e. The van der Waals surface area contributed by atoms with Crippen molar-refractivity contribution >= 4 is 21.5 Å². The lowest BCUT2D eigenvalue weighted by molar-refractivity contribution is 0.300. The van der Waals surface area contributed by atoms with Crippen molar-refractivity contribution in [2.75, 3.05) is 0 Å². The molecule has 1 N–H and O–H groups in total. The lowest BCUT2D eigenvalue weighted by Crippen LogP contribution is -2.06. The van der Waals surface area contributed by atoms with E-state index in [0.717, 1.165) is 27.4 Å². The van der Waals surface area contributed by atoms with Crippen LogP contribution in [-0.4, -0.2) is 15.2 Å². The molecule has 0 saturated heterocycles. The molecular weight excluding hydrogens is 286 g/mol. The molecule has 0 aliphatic carbocycles. The van der Waals surface area contributed by atoms with Gasteiger partial charge in [-0.25, -0.2) is 4.98 Å². The molecule has 0 bridgehead atoms. The van der Waals surface area contributed by atoms with E-state index in [-0.39, 0.29) is 5.49 Å². The van der Waals surface area contributed by atoms with Crippen LogP contribution < -0.4 is 5.49 Å². The fourth-order valence-corrected chi connectivity index (χ4v) is 2.85. The molecule has 0 saturated carbocycles. The molecule has 2 aromatic carbocycles. The third kappa shape index (κ3) is 2.21. The summed E-state index contributed by atoms with van der Waals surface area (Å²) < 4.78 is 0. The zero-order valence-electron chi connectivity index (χ0n) is 12.2. The van der Waals surface area contributed by atoms with Crippen molar-refractivity contribution < 1.29 is 5.21 Å². The monoisotopic (exact) mass is 299 g/mol. The van der Waals surface area contributed by atoms with Crippen LogP contribution in [0.1, 0.15) is 0 Å². The van der Waals surface area contributed by atoms with E-state index in [9.17, 15) is 5.21 Å². The molecule has 4 rings (SSSR count).